The molecule has 0 heterocycles. The summed E-state index contributed by atoms with van der Waals surface area (Å²) >= 11 is 0. The smallest absolute Gasteiger partial charge is 0.244 e. The molecule has 0 radical (unpaired) electrons. The minimum atomic E-state index is 0.0879. The van der Waals surface area contributed by atoms with Gasteiger partial charge in [-0.3, -0.25) is 4.79 Å². The van der Waals surface area contributed by atoms with Gasteiger partial charge in [0, 0.05) is 11.6 Å². The van der Waals surface area contributed by atoms with Crippen LogP contribution in [0.25, 0.3) is 6.08 Å². The molecule has 1 aromatic rings. The summed E-state index contributed by atoms with van der Waals surface area (Å²) in [5.41, 5.74) is 2.54. The molecule has 0 aromatic heterocycles. The highest BCUT2D eigenvalue weighted by Gasteiger charge is 2.51. The Morgan fingerprint density at radius 2 is 1.58 bits per heavy atom. The van der Waals surface area contributed by atoms with Gasteiger partial charge >= 0.3 is 0 Å². The zero-order chi connectivity index (χ0) is 16.7. The monoisotopic (exact) mass is 323 g/mol. The molecule has 4 bridgehead atoms. The van der Waals surface area contributed by atoms with Crippen molar-refractivity contribution in [1.82, 2.24) is 5.32 Å². The van der Waals surface area contributed by atoms with Gasteiger partial charge in [0.15, 0.2) is 0 Å². The van der Waals surface area contributed by atoms with Crippen molar-refractivity contribution in [2.24, 2.45) is 17.8 Å². The van der Waals surface area contributed by atoms with Gasteiger partial charge in [-0.05, 0) is 79.4 Å². The van der Waals surface area contributed by atoms with Crippen LogP contribution >= 0.6 is 0 Å². The zero-order valence-electron chi connectivity index (χ0n) is 14.9. The maximum atomic E-state index is 12.5. The lowest BCUT2D eigenvalue weighted by atomic mass is 9.53. The normalized spacial score (nSPS) is 34.2. The molecule has 0 spiro atoms. The van der Waals surface area contributed by atoms with Crippen LogP contribution in [-0.2, 0) is 4.79 Å². The highest BCUT2D eigenvalue weighted by Crippen LogP contribution is 2.55. The molecule has 0 unspecified atom stereocenters. The maximum absolute atomic E-state index is 12.5. The second-order valence-electron chi connectivity index (χ2n) is 8.84. The van der Waals surface area contributed by atoms with E-state index in [4.69, 9.17) is 0 Å². The third-order valence-corrected chi connectivity index (χ3v) is 6.46. The van der Waals surface area contributed by atoms with Crippen LogP contribution in [0.2, 0.25) is 0 Å². The molecule has 2 heteroatoms. The van der Waals surface area contributed by atoms with E-state index in [2.05, 4.69) is 43.4 Å². The predicted octanol–water partition coefficient (Wildman–Crippen LogP) is 4.91. The summed E-state index contributed by atoms with van der Waals surface area (Å²) in [5.74, 6) is 3.23. The Kier molecular flexibility index (Phi) is 4.02. The fourth-order valence-electron chi connectivity index (χ4n) is 5.73. The standard InChI is InChI=1S/C22H29NO/c1-15(2)20-6-3-16(4-7-20)5-8-21(24)23-22-12-17-9-18(13-22)11-19(10-17)14-22/h3-8,15,17-19H,9-14H2,1-2H3,(H,23,24)/b8-5+. The third kappa shape index (κ3) is 3.16. The Labute approximate surface area is 145 Å². The first-order valence-electron chi connectivity index (χ1n) is 9.61. The van der Waals surface area contributed by atoms with E-state index in [1.54, 1.807) is 6.08 Å². The SMILES string of the molecule is CC(C)c1ccc(/C=C/C(=O)NC23CC4CC(CC(C4)C2)C3)cc1. The number of rotatable bonds is 4. The van der Waals surface area contributed by atoms with Gasteiger partial charge in [0.25, 0.3) is 0 Å². The number of hydrogen-bond donors (Lipinski definition) is 1. The molecular weight excluding hydrogens is 294 g/mol. The molecule has 4 aliphatic carbocycles. The summed E-state index contributed by atoms with van der Waals surface area (Å²) < 4.78 is 0. The molecule has 0 saturated heterocycles. The minimum Gasteiger partial charge on any atom is -0.347 e. The van der Waals surface area contributed by atoms with E-state index < -0.39 is 0 Å². The van der Waals surface area contributed by atoms with E-state index in [0.717, 1.165) is 23.3 Å². The van der Waals surface area contributed by atoms with Crippen molar-refractivity contribution >= 4 is 12.0 Å². The van der Waals surface area contributed by atoms with Gasteiger partial charge in [-0.1, -0.05) is 38.1 Å². The molecule has 5 rings (SSSR count). The molecule has 1 N–H and O–H groups in total. The van der Waals surface area contributed by atoms with E-state index in [9.17, 15) is 4.79 Å². The predicted molar refractivity (Wildman–Crippen MR) is 98.6 cm³/mol. The number of benzene rings is 1. The minimum absolute atomic E-state index is 0.0879. The first-order valence-corrected chi connectivity index (χ1v) is 9.61. The van der Waals surface area contributed by atoms with Crippen LogP contribution < -0.4 is 5.32 Å². The van der Waals surface area contributed by atoms with Crippen molar-refractivity contribution in [3.05, 3.63) is 41.5 Å². The molecule has 2 nitrogen and oxygen atoms in total. The van der Waals surface area contributed by atoms with Crippen LogP contribution in [0.3, 0.4) is 0 Å². The summed E-state index contributed by atoms with van der Waals surface area (Å²) in [7, 11) is 0. The Bertz CT molecular complexity index is 605. The third-order valence-electron chi connectivity index (χ3n) is 6.46. The number of amides is 1. The van der Waals surface area contributed by atoms with Gasteiger partial charge in [0.05, 0.1) is 0 Å². The van der Waals surface area contributed by atoms with Crippen LogP contribution in [-0.4, -0.2) is 11.4 Å². The van der Waals surface area contributed by atoms with Crippen molar-refractivity contribution in [2.45, 2.75) is 63.8 Å². The lowest BCUT2D eigenvalue weighted by Gasteiger charge is -2.56. The molecule has 0 atom stereocenters. The first kappa shape index (κ1) is 15.9. The van der Waals surface area contributed by atoms with Gasteiger partial charge in [0.1, 0.15) is 0 Å². The molecule has 4 fully saturated rings. The fourth-order valence-corrected chi connectivity index (χ4v) is 5.73. The van der Waals surface area contributed by atoms with Crippen LogP contribution in [0, 0.1) is 17.8 Å². The van der Waals surface area contributed by atoms with E-state index in [-0.39, 0.29) is 11.4 Å². The van der Waals surface area contributed by atoms with E-state index >= 15 is 0 Å². The Balaban J connectivity index is 1.40. The Hall–Kier alpha value is -1.57. The lowest BCUT2D eigenvalue weighted by Crippen LogP contribution is -2.59. The zero-order valence-corrected chi connectivity index (χ0v) is 14.9. The summed E-state index contributed by atoms with van der Waals surface area (Å²) in [4.78, 5) is 12.5. The topological polar surface area (TPSA) is 29.1 Å². The van der Waals surface area contributed by atoms with E-state index in [1.165, 1.54) is 44.1 Å². The van der Waals surface area contributed by atoms with Gasteiger partial charge in [0.2, 0.25) is 5.91 Å². The molecule has 24 heavy (non-hydrogen) atoms. The first-order chi connectivity index (χ1) is 11.5. The van der Waals surface area contributed by atoms with Gasteiger partial charge < -0.3 is 5.32 Å². The van der Waals surface area contributed by atoms with Crippen LogP contribution in [0.15, 0.2) is 30.3 Å². The second-order valence-corrected chi connectivity index (χ2v) is 8.84. The summed E-state index contributed by atoms with van der Waals surface area (Å²) in [6.45, 7) is 4.40. The number of carbonyl (C=O) groups excluding carboxylic acids is 1. The maximum Gasteiger partial charge on any atom is 0.244 e. The lowest BCUT2D eigenvalue weighted by molar-refractivity contribution is -0.122. The van der Waals surface area contributed by atoms with Crippen LogP contribution in [0.1, 0.15) is 69.4 Å². The molecule has 128 valence electrons. The average Bonchev–Trinajstić information content (AvgIpc) is 2.51. The average molecular weight is 323 g/mol. The summed E-state index contributed by atoms with van der Waals surface area (Å²) in [5, 5.41) is 3.40. The highest BCUT2D eigenvalue weighted by molar-refractivity contribution is 5.92. The molecule has 1 amide bonds. The largest absolute Gasteiger partial charge is 0.347 e. The highest BCUT2D eigenvalue weighted by atomic mass is 16.1. The van der Waals surface area contributed by atoms with Crippen LogP contribution in [0.5, 0.6) is 0 Å². The molecular formula is C22H29NO. The Morgan fingerprint density at radius 3 is 2.08 bits per heavy atom. The van der Waals surface area contributed by atoms with E-state index in [1.807, 2.05) is 6.08 Å². The van der Waals surface area contributed by atoms with Gasteiger partial charge in [-0.2, -0.15) is 0 Å². The van der Waals surface area contributed by atoms with Crippen molar-refractivity contribution in [2.75, 3.05) is 0 Å². The number of nitrogens with one attached hydrogen (secondary N) is 1. The van der Waals surface area contributed by atoms with Crippen LogP contribution in [0.4, 0.5) is 0 Å². The number of hydrogen-bond acceptors (Lipinski definition) is 1. The van der Waals surface area contributed by atoms with Crippen molar-refractivity contribution in [3.63, 3.8) is 0 Å². The molecule has 4 saturated carbocycles. The molecule has 1 aromatic carbocycles. The fraction of sp³-hybridized carbons (Fsp3) is 0.591. The number of carbonyl (C=O) groups is 1. The van der Waals surface area contributed by atoms with Crippen molar-refractivity contribution < 1.29 is 4.79 Å². The second kappa shape index (κ2) is 6.06. The quantitative estimate of drug-likeness (QED) is 0.784. The van der Waals surface area contributed by atoms with Crippen molar-refractivity contribution in [3.8, 4) is 0 Å². The summed E-state index contributed by atoms with van der Waals surface area (Å²) in [6.07, 6.45) is 11.5. The van der Waals surface area contributed by atoms with Gasteiger partial charge in [-0.25, -0.2) is 0 Å². The Morgan fingerprint density at radius 1 is 1.04 bits per heavy atom. The summed E-state index contributed by atoms with van der Waals surface area (Å²) in [6, 6.07) is 8.51. The van der Waals surface area contributed by atoms with Gasteiger partial charge in [-0.15, -0.1) is 0 Å². The van der Waals surface area contributed by atoms with Crippen molar-refractivity contribution in [1.29, 1.82) is 0 Å². The molecule has 4 aliphatic rings. The molecule has 0 aliphatic heterocycles. The van der Waals surface area contributed by atoms with E-state index in [0.29, 0.717) is 5.92 Å².